The van der Waals surface area contributed by atoms with E-state index in [-0.39, 0.29) is 6.10 Å². The first kappa shape index (κ1) is 10.4. The molecule has 1 aromatic rings. The minimum absolute atomic E-state index is 0.131. The van der Waals surface area contributed by atoms with Gasteiger partial charge in [-0.2, -0.15) is 0 Å². The fourth-order valence-corrected chi connectivity index (χ4v) is 2.04. The highest BCUT2D eigenvalue weighted by Crippen LogP contribution is 2.28. The Kier molecular flexibility index (Phi) is 2.63. The molecule has 3 rings (SSSR count). The first-order valence-corrected chi connectivity index (χ1v) is 6.12. The minimum Gasteiger partial charge on any atom is -0.488 e. The van der Waals surface area contributed by atoms with Crippen LogP contribution in [0.15, 0.2) is 29.3 Å². The quantitative estimate of drug-likeness (QED) is 0.604. The summed E-state index contributed by atoms with van der Waals surface area (Å²) in [5, 5.41) is 3.17. The van der Waals surface area contributed by atoms with Crippen LogP contribution in [0.3, 0.4) is 0 Å². The van der Waals surface area contributed by atoms with Gasteiger partial charge in [0.05, 0.1) is 6.54 Å². The molecular formula is C13H17N3O. The van der Waals surface area contributed by atoms with Gasteiger partial charge in [-0.05, 0) is 24.5 Å². The monoisotopic (exact) mass is 231 g/mol. The molecule has 1 aliphatic heterocycles. The van der Waals surface area contributed by atoms with Crippen molar-refractivity contribution in [1.82, 2.24) is 5.32 Å². The van der Waals surface area contributed by atoms with Gasteiger partial charge in [0, 0.05) is 12.5 Å². The van der Waals surface area contributed by atoms with E-state index >= 15 is 0 Å². The summed E-state index contributed by atoms with van der Waals surface area (Å²) < 4.78 is 5.79. The predicted molar refractivity (Wildman–Crippen MR) is 67.2 cm³/mol. The number of ether oxygens (including phenoxy) is 1. The zero-order valence-electron chi connectivity index (χ0n) is 9.73. The van der Waals surface area contributed by atoms with Gasteiger partial charge in [-0.3, -0.25) is 0 Å². The van der Waals surface area contributed by atoms with E-state index in [9.17, 15) is 0 Å². The number of nitrogens with zero attached hydrogens (tertiary/aromatic N) is 1. The second kappa shape index (κ2) is 4.28. The Morgan fingerprint density at radius 1 is 1.41 bits per heavy atom. The average molecular weight is 231 g/mol. The standard InChI is InChI=1S/C13H17N3O/c14-13(16-10-5-6-10)15-8-11-7-9-3-1-2-4-12(9)17-11/h1-4,10-11H,5-8H2,(H3,14,15,16). The first-order chi connectivity index (χ1) is 8.31. The summed E-state index contributed by atoms with van der Waals surface area (Å²) in [6.07, 6.45) is 3.48. The van der Waals surface area contributed by atoms with Crippen LogP contribution in [-0.4, -0.2) is 24.7 Å². The van der Waals surface area contributed by atoms with Crippen LogP contribution >= 0.6 is 0 Å². The van der Waals surface area contributed by atoms with Crippen molar-refractivity contribution >= 4 is 5.96 Å². The molecule has 1 atom stereocenters. The van der Waals surface area contributed by atoms with Crippen molar-refractivity contribution in [2.45, 2.75) is 31.4 Å². The van der Waals surface area contributed by atoms with E-state index in [2.05, 4.69) is 16.4 Å². The molecule has 0 bridgehead atoms. The summed E-state index contributed by atoms with van der Waals surface area (Å²) in [6.45, 7) is 0.625. The van der Waals surface area contributed by atoms with E-state index in [4.69, 9.17) is 10.5 Å². The summed E-state index contributed by atoms with van der Waals surface area (Å²) in [5.74, 6) is 1.54. The van der Waals surface area contributed by atoms with Gasteiger partial charge in [-0.15, -0.1) is 0 Å². The molecular weight excluding hydrogens is 214 g/mol. The molecule has 0 aromatic heterocycles. The number of benzene rings is 1. The largest absolute Gasteiger partial charge is 0.488 e. The third kappa shape index (κ3) is 2.52. The summed E-state index contributed by atoms with van der Waals surface area (Å²) >= 11 is 0. The molecule has 4 nitrogen and oxygen atoms in total. The third-order valence-corrected chi connectivity index (χ3v) is 3.11. The van der Waals surface area contributed by atoms with Gasteiger partial charge < -0.3 is 15.8 Å². The second-order valence-electron chi connectivity index (χ2n) is 4.70. The number of aliphatic imine (C=N–C) groups is 1. The average Bonchev–Trinajstić information content (AvgIpc) is 3.03. The lowest BCUT2D eigenvalue weighted by Gasteiger charge is -2.08. The van der Waals surface area contributed by atoms with Crippen molar-refractivity contribution in [3.63, 3.8) is 0 Å². The molecule has 1 aromatic carbocycles. The number of hydrogen-bond acceptors (Lipinski definition) is 2. The predicted octanol–water partition coefficient (Wildman–Crippen LogP) is 1.06. The summed E-state index contributed by atoms with van der Waals surface area (Å²) in [4.78, 5) is 4.33. The molecule has 3 N–H and O–H groups in total. The van der Waals surface area contributed by atoms with Gasteiger partial charge >= 0.3 is 0 Å². The zero-order valence-corrected chi connectivity index (χ0v) is 9.73. The molecule has 0 amide bonds. The van der Waals surface area contributed by atoms with Gasteiger partial charge in [0.1, 0.15) is 11.9 Å². The number of nitrogens with two attached hydrogens (primary N) is 1. The van der Waals surface area contributed by atoms with Gasteiger partial charge in [0.15, 0.2) is 5.96 Å². The Morgan fingerprint density at radius 3 is 3.00 bits per heavy atom. The number of rotatable bonds is 3. The SMILES string of the molecule is NC(=NCC1Cc2ccccc2O1)NC1CC1. The van der Waals surface area contributed by atoms with Crippen molar-refractivity contribution < 1.29 is 4.74 Å². The van der Waals surface area contributed by atoms with Crippen molar-refractivity contribution in [3.8, 4) is 5.75 Å². The van der Waals surface area contributed by atoms with E-state index in [1.54, 1.807) is 0 Å². The Morgan fingerprint density at radius 2 is 2.24 bits per heavy atom. The topological polar surface area (TPSA) is 59.6 Å². The maximum atomic E-state index is 5.79. The van der Waals surface area contributed by atoms with Gasteiger partial charge in [0.2, 0.25) is 0 Å². The van der Waals surface area contributed by atoms with Crippen molar-refractivity contribution in [2.75, 3.05) is 6.54 Å². The number of nitrogens with one attached hydrogen (secondary N) is 1. The van der Waals surface area contributed by atoms with E-state index in [0.717, 1.165) is 12.2 Å². The van der Waals surface area contributed by atoms with Crippen LogP contribution in [0.25, 0.3) is 0 Å². The number of para-hydroxylation sites is 1. The molecule has 1 saturated carbocycles. The summed E-state index contributed by atoms with van der Waals surface area (Å²) in [7, 11) is 0. The van der Waals surface area contributed by atoms with Crippen molar-refractivity contribution in [3.05, 3.63) is 29.8 Å². The Labute approximate surface area is 101 Å². The Balaban J connectivity index is 1.54. The highest BCUT2D eigenvalue weighted by Gasteiger charge is 2.23. The minimum atomic E-state index is 0.131. The van der Waals surface area contributed by atoms with Gasteiger partial charge in [0.25, 0.3) is 0 Å². The summed E-state index contributed by atoms with van der Waals surface area (Å²) in [6, 6.07) is 8.69. The molecule has 1 unspecified atom stereocenters. The van der Waals surface area contributed by atoms with Crippen molar-refractivity contribution in [1.29, 1.82) is 0 Å². The van der Waals surface area contributed by atoms with Crippen LogP contribution in [0.1, 0.15) is 18.4 Å². The normalized spacial score (nSPS) is 23.1. The lowest BCUT2D eigenvalue weighted by atomic mass is 10.1. The van der Waals surface area contributed by atoms with Crippen LogP contribution in [0.5, 0.6) is 5.75 Å². The highest BCUT2D eigenvalue weighted by atomic mass is 16.5. The molecule has 0 spiro atoms. The Hall–Kier alpha value is -1.71. The molecule has 4 heteroatoms. The lowest BCUT2D eigenvalue weighted by molar-refractivity contribution is 0.242. The first-order valence-electron chi connectivity index (χ1n) is 6.12. The van der Waals surface area contributed by atoms with E-state index in [0.29, 0.717) is 18.5 Å². The van der Waals surface area contributed by atoms with Gasteiger partial charge in [-0.1, -0.05) is 18.2 Å². The van der Waals surface area contributed by atoms with Crippen LogP contribution in [0.4, 0.5) is 0 Å². The Bertz CT molecular complexity index is 415. The molecule has 0 radical (unpaired) electrons. The smallest absolute Gasteiger partial charge is 0.188 e. The molecule has 1 heterocycles. The second-order valence-corrected chi connectivity index (χ2v) is 4.70. The third-order valence-electron chi connectivity index (χ3n) is 3.11. The fraction of sp³-hybridized carbons (Fsp3) is 0.462. The molecule has 2 aliphatic rings. The highest BCUT2D eigenvalue weighted by molar-refractivity contribution is 5.78. The molecule has 1 fully saturated rings. The van der Waals surface area contributed by atoms with Gasteiger partial charge in [-0.25, -0.2) is 4.99 Å². The van der Waals surface area contributed by atoms with E-state index in [1.807, 2.05) is 18.2 Å². The maximum Gasteiger partial charge on any atom is 0.188 e. The van der Waals surface area contributed by atoms with Crippen molar-refractivity contribution in [2.24, 2.45) is 10.7 Å². The van der Waals surface area contributed by atoms with E-state index in [1.165, 1.54) is 18.4 Å². The zero-order chi connectivity index (χ0) is 11.7. The molecule has 17 heavy (non-hydrogen) atoms. The molecule has 90 valence electrons. The molecule has 0 saturated heterocycles. The molecule has 1 aliphatic carbocycles. The number of guanidine groups is 1. The van der Waals surface area contributed by atoms with E-state index < -0.39 is 0 Å². The number of fused-ring (bicyclic) bond motifs is 1. The lowest BCUT2D eigenvalue weighted by Crippen LogP contribution is -2.34. The summed E-state index contributed by atoms with van der Waals surface area (Å²) in [5.41, 5.74) is 7.05. The van der Waals surface area contributed by atoms with Crippen LogP contribution in [-0.2, 0) is 6.42 Å². The number of hydrogen-bond donors (Lipinski definition) is 2. The van der Waals surface area contributed by atoms with Crippen LogP contribution in [0, 0.1) is 0 Å². The fourth-order valence-electron chi connectivity index (χ4n) is 2.04. The van der Waals surface area contributed by atoms with Crippen LogP contribution in [0.2, 0.25) is 0 Å². The maximum absolute atomic E-state index is 5.79. The van der Waals surface area contributed by atoms with Crippen LogP contribution < -0.4 is 15.8 Å².